The van der Waals surface area contributed by atoms with E-state index in [0.29, 0.717) is 6.54 Å². The van der Waals surface area contributed by atoms with Crippen LogP contribution in [0.3, 0.4) is 0 Å². The molecule has 31 heavy (non-hydrogen) atoms. The summed E-state index contributed by atoms with van der Waals surface area (Å²) in [6.45, 7) is 3.87. The summed E-state index contributed by atoms with van der Waals surface area (Å²) in [4.78, 5) is 25.4. The number of piperazine rings is 1. The van der Waals surface area contributed by atoms with Crippen LogP contribution in [0, 0.1) is 11.8 Å². The van der Waals surface area contributed by atoms with Crippen molar-refractivity contribution in [3.05, 3.63) is 83.8 Å². The molecule has 0 saturated carbocycles. The maximum absolute atomic E-state index is 12.7. The molecule has 3 aliphatic heterocycles. The Hall–Kier alpha value is -3.69. The molecule has 1 unspecified atom stereocenters. The second-order valence-electron chi connectivity index (χ2n) is 7.66. The molecule has 0 radical (unpaired) electrons. The van der Waals surface area contributed by atoms with E-state index in [1.807, 2.05) is 47.4 Å². The maximum atomic E-state index is 12.7. The molecule has 5 rings (SSSR count). The minimum Gasteiger partial charge on any atom is -0.336 e. The molecule has 1 amide bonds. The highest BCUT2D eigenvalue weighted by atomic mass is 16.2. The van der Waals surface area contributed by atoms with E-state index in [9.17, 15) is 4.79 Å². The van der Waals surface area contributed by atoms with E-state index in [-0.39, 0.29) is 11.9 Å². The lowest BCUT2D eigenvalue weighted by molar-refractivity contribution is 0.0736. The summed E-state index contributed by atoms with van der Waals surface area (Å²) >= 11 is 0. The van der Waals surface area contributed by atoms with Gasteiger partial charge in [-0.25, -0.2) is 0 Å². The molecule has 6 nitrogen and oxygen atoms in total. The van der Waals surface area contributed by atoms with Gasteiger partial charge in [-0.15, -0.1) is 0 Å². The van der Waals surface area contributed by atoms with Crippen molar-refractivity contribution >= 4 is 17.3 Å². The Balaban J connectivity index is 1.32. The predicted molar refractivity (Wildman–Crippen MR) is 121 cm³/mol. The topological polar surface area (TPSA) is 60.8 Å². The summed E-state index contributed by atoms with van der Waals surface area (Å²) in [6.07, 6.45) is 9.70. The molecule has 1 saturated heterocycles. The molecule has 2 aromatic rings. The summed E-state index contributed by atoms with van der Waals surface area (Å²) in [5, 5.41) is 3.28. The van der Waals surface area contributed by atoms with Gasteiger partial charge in [-0.3, -0.25) is 14.8 Å². The largest absolute Gasteiger partial charge is 0.336 e. The monoisotopic (exact) mass is 409 g/mol. The molecule has 1 atom stereocenters. The van der Waals surface area contributed by atoms with E-state index >= 15 is 0 Å². The molecule has 4 heterocycles. The lowest BCUT2D eigenvalue weighted by Gasteiger charge is -2.27. The lowest BCUT2D eigenvalue weighted by Crippen LogP contribution is -2.46. The molecule has 6 heteroatoms. The molecule has 3 aliphatic rings. The summed E-state index contributed by atoms with van der Waals surface area (Å²) in [7, 11) is 0. The average molecular weight is 409 g/mol. The maximum Gasteiger partial charge on any atom is 0.253 e. The third-order valence-electron chi connectivity index (χ3n) is 5.65. The third-order valence-corrected chi connectivity index (χ3v) is 5.65. The Morgan fingerprint density at radius 1 is 1.03 bits per heavy atom. The Morgan fingerprint density at radius 2 is 1.81 bits per heavy atom. The van der Waals surface area contributed by atoms with Gasteiger partial charge in [0.25, 0.3) is 5.91 Å². The van der Waals surface area contributed by atoms with Gasteiger partial charge in [-0.05, 0) is 47.6 Å². The number of nitrogens with one attached hydrogen (secondary N) is 1. The quantitative estimate of drug-likeness (QED) is 0.773. The zero-order valence-corrected chi connectivity index (χ0v) is 17.2. The lowest BCUT2D eigenvalue weighted by atomic mass is 10.0. The molecule has 0 bridgehead atoms. The fourth-order valence-electron chi connectivity index (χ4n) is 3.90. The summed E-state index contributed by atoms with van der Waals surface area (Å²) in [5.41, 5.74) is 3.83. The predicted octanol–water partition coefficient (Wildman–Crippen LogP) is 2.17. The Morgan fingerprint density at radius 3 is 2.58 bits per heavy atom. The number of nitrogens with zero attached hydrogens (tertiary/aromatic N) is 4. The third kappa shape index (κ3) is 4.14. The zero-order valence-electron chi connectivity index (χ0n) is 17.2. The fourth-order valence-corrected chi connectivity index (χ4v) is 3.90. The van der Waals surface area contributed by atoms with Crippen molar-refractivity contribution in [2.24, 2.45) is 4.99 Å². The molecule has 1 aromatic heterocycles. The Kier molecular flexibility index (Phi) is 5.34. The van der Waals surface area contributed by atoms with Crippen molar-refractivity contribution in [2.45, 2.75) is 6.04 Å². The first kappa shape index (κ1) is 19.3. The van der Waals surface area contributed by atoms with Gasteiger partial charge in [-0.2, -0.15) is 0 Å². The molecule has 1 N–H and O–H groups in total. The minimum atomic E-state index is 0.0108. The van der Waals surface area contributed by atoms with Crippen molar-refractivity contribution in [3.8, 4) is 11.8 Å². The molecule has 154 valence electrons. The minimum absolute atomic E-state index is 0.0108. The van der Waals surface area contributed by atoms with Crippen LogP contribution in [0.5, 0.6) is 0 Å². The molecule has 1 fully saturated rings. The molecular formula is C25H23N5O. The zero-order chi connectivity index (χ0) is 21.0. The first-order chi connectivity index (χ1) is 15.3. The number of rotatable bonds is 2. The van der Waals surface area contributed by atoms with Gasteiger partial charge < -0.3 is 15.1 Å². The highest BCUT2D eigenvalue weighted by Gasteiger charge is 2.26. The van der Waals surface area contributed by atoms with Crippen LogP contribution in [-0.4, -0.2) is 65.3 Å². The van der Waals surface area contributed by atoms with E-state index in [1.165, 1.54) is 0 Å². The number of carbonyl (C=O) groups excluding carboxylic acids is 1. The average Bonchev–Trinajstić information content (AvgIpc) is 3.26. The van der Waals surface area contributed by atoms with Crippen molar-refractivity contribution in [2.75, 3.05) is 32.7 Å². The van der Waals surface area contributed by atoms with Crippen molar-refractivity contribution < 1.29 is 4.79 Å². The summed E-state index contributed by atoms with van der Waals surface area (Å²) < 4.78 is 0. The number of amides is 1. The number of aliphatic imine (C=N–C) groups is 1. The second kappa shape index (κ2) is 8.58. The number of hydrogen-bond donors (Lipinski definition) is 1. The number of aromatic nitrogens is 1. The number of fused-ring (bicyclic) bond motifs is 1. The Bertz CT molecular complexity index is 1120. The Labute approximate surface area is 182 Å². The van der Waals surface area contributed by atoms with E-state index in [0.717, 1.165) is 54.3 Å². The highest BCUT2D eigenvalue weighted by Crippen LogP contribution is 2.25. The van der Waals surface area contributed by atoms with Crippen LogP contribution in [0.15, 0.2) is 72.1 Å². The van der Waals surface area contributed by atoms with Gasteiger partial charge in [0.05, 0.1) is 6.54 Å². The van der Waals surface area contributed by atoms with Crippen molar-refractivity contribution in [1.82, 2.24) is 20.1 Å². The molecule has 1 aromatic carbocycles. The van der Waals surface area contributed by atoms with Gasteiger partial charge in [0, 0.05) is 55.9 Å². The van der Waals surface area contributed by atoms with E-state index in [1.54, 1.807) is 12.4 Å². The van der Waals surface area contributed by atoms with Crippen LogP contribution < -0.4 is 5.32 Å². The van der Waals surface area contributed by atoms with Crippen LogP contribution in [0.2, 0.25) is 0 Å². The standard InChI is InChI=1S/C25H23N5O/c31-25(29-15-13-27-14-16-29)21-4-2-20(3-5-21)22-6-8-24-28-17-23(30(24)18-22)7-1-19-9-11-26-12-10-19/h2-6,8-12,18,23,27H,13-17H2. The van der Waals surface area contributed by atoms with Gasteiger partial charge in [0.2, 0.25) is 0 Å². The van der Waals surface area contributed by atoms with Crippen LogP contribution in [0.25, 0.3) is 5.57 Å². The van der Waals surface area contributed by atoms with Crippen LogP contribution in [-0.2, 0) is 0 Å². The smallest absolute Gasteiger partial charge is 0.253 e. The van der Waals surface area contributed by atoms with Gasteiger partial charge >= 0.3 is 0 Å². The first-order valence-electron chi connectivity index (χ1n) is 10.5. The number of pyridine rings is 1. The van der Waals surface area contributed by atoms with E-state index < -0.39 is 0 Å². The number of hydrogen-bond acceptors (Lipinski definition) is 5. The normalized spacial score (nSPS) is 19.8. The molecule has 0 spiro atoms. The van der Waals surface area contributed by atoms with Gasteiger partial charge in [0.1, 0.15) is 11.9 Å². The van der Waals surface area contributed by atoms with E-state index in [4.69, 9.17) is 0 Å². The molecule has 0 aliphatic carbocycles. The number of benzene rings is 1. The van der Waals surface area contributed by atoms with Crippen LogP contribution >= 0.6 is 0 Å². The number of allylic oxidation sites excluding steroid dienone is 2. The highest BCUT2D eigenvalue weighted by molar-refractivity contribution is 6.01. The van der Waals surface area contributed by atoms with Crippen molar-refractivity contribution in [1.29, 1.82) is 0 Å². The van der Waals surface area contributed by atoms with Gasteiger partial charge in [-0.1, -0.05) is 24.0 Å². The summed E-state index contributed by atoms with van der Waals surface area (Å²) in [6, 6.07) is 11.7. The summed E-state index contributed by atoms with van der Waals surface area (Å²) in [5.74, 6) is 7.58. The molecular weight excluding hydrogens is 386 g/mol. The van der Waals surface area contributed by atoms with Gasteiger partial charge in [0.15, 0.2) is 0 Å². The van der Waals surface area contributed by atoms with Crippen LogP contribution in [0.4, 0.5) is 0 Å². The fraction of sp³-hybridized carbons (Fsp3) is 0.240. The van der Waals surface area contributed by atoms with Crippen molar-refractivity contribution in [3.63, 3.8) is 0 Å². The van der Waals surface area contributed by atoms with E-state index in [2.05, 4.69) is 44.3 Å². The number of carbonyl (C=O) groups is 1. The SMILES string of the molecule is O=C(c1ccc(C2=CN3C(=NCC3C#Cc3ccncc3)C=C2)cc1)N1CCNCC1. The van der Waals surface area contributed by atoms with Crippen LogP contribution in [0.1, 0.15) is 21.5 Å². The first-order valence-corrected chi connectivity index (χ1v) is 10.5. The second-order valence-corrected chi connectivity index (χ2v) is 7.66. The number of amidine groups is 1.